The number of rotatable bonds is 4. The Hall–Kier alpha value is -2.93. The van der Waals surface area contributed by atoms with Gasteiger partial charge in [0.25, 0.3) is 0 Å². The molecule has 5 aliphatic rings. The summed E-state index contributed by atoms with van der Waals surface area (Å²) in [7, 11) is 0. The second kappa shape index (κ2) is 12.3. The second-order valence-electron chi connectivity index (χ2n) is 14.7. The highest BCUT2D eigenvalue weighted by molar-refractivity contribution is 6.12. The molecule has 0 amide bonds. The van der Waals surface area contributed by atoms with Crippen molar-refractivity contribution >= 4 is 27.4 Å². The highest BCUT2D eigenvalue weighted by atomic mass is 16.5. The van der Waals surface area contributed by atoms with Gasteiger partial charge in [-0.3, -0.25) is 9.88 Å². The molecule has 2 fully saturated rings. The molecule has 1 aliphatic carbocycles. The summed E-state index contributed by atoms with van der Waals surface area (Å²) < 4.78 is 8.64. The number of pyridine rings is 1. The van der Waals surface area contributed by atoms with Gasteiger partial charge in [-0.15, -0.1) is 0 Å². The van der Waals surface area contributed by atoms with E-state index in [2.05, 4.69) is 82.9 Å². The van der Waals surface area contributed by atoms with E-state index in [1.165, 1.54) is 54.0 Å². The maximum Gasteiger partial charge on any atom is 0.143 e. The van der Waals surface area contributed by atoms with Gasteiger partial charge in [-0.05, 0) is 127 Å². The number of ether oxygens (including phenoxy) is 1. The number of allylic oxidation sites excluding steroid dienone is 4. The van der Waals surface area contributed by atoms with Crippen molar-refractivity contribution < 1.29 is 9.84 Å². The number of fused-ring (bicyclic) bond motifs is 5. The van der Waals surface area contributed by atoms with E-state index in [9.17, 15) is 5.11 Å². The maximum atomic E-state index is 13.3. The van der Waals surface area contributed by atoms with Crippen molar-refractivity contribution in [1.29, 1.82) is 0 Å². The van der Waals surface area contributed by atoms with Crippen LogP contribution in [0.5, 0.6) is 5.75 Å². The van der Waals surface area contributed by atoms with Crippen LogP contribution in [-0.2, 0) is 6.54 Å². The van der Waals surface area contributed by atoms with Crippen molar-refractivity contribution in [2.75, 3.05) is 32.8 Å². The average molecular weight is 621 g/mol. The van der Waals surface area contributed by atoms with Crippen molar-refractivity contribution in [2.24, 2.45) is 11.3 Å². The molecule has 2 unspecified atom stereocenters. The Balaban J connectivity index is 1.37. The van der Waals surface area contributed by atoms with E-state index in [1.54, 1.807) is 0 Å². The fraction of sp³-hybridized carbons (Fsp3) is 0.575. The summed E-state index contributed by atoms with van der Waals surface area (Å²) in [6.45, 7) is 10.2. The van der Waals surface area contributed by atoms with Crippen LogP contribution in [0.15, 0.2) is 60.8 Å². The zero-order chi connectivity index (χ0) is 31.3. The summed E-state index contributed by atoms with van der Waals surface area (Å²) in [5.74, 6) is 1.29. The molecule has 1 spiro atoms. The fourth-order valence-corrected chi connectivity index (χ4v) is 10.5. The first kappa shape index (κ1) is 30.4. The van der Waals surface area contributed by atoms with Crippen LogP contribution in [0.4, 0.5) is 0 Å². The van der Waals surface area contributed by atoms with Gasteiger partial charge >= 0.3 is 0 Å². The van der Waals surface area contributed by atoms with Gasteiger partial charge in [-0.2, -0.15) is 0 Å². The molecule has 6 nitrogen and oxygen atoms in total. The topological polar surface area (TPSA) is 53.8 Å². The second-order valence-corrected chi connectivity index (χ2v) is 14.7. The van der Waals surface area contributed by atoms with Crippen LogP contribution in [0.2, 0.25) is 0 Å². The maximum absolute atomic E-state index is 13.3. The molecule has 2 aromatic heterocycles. The lowest BCUT2D eigenvalue weighted by molar-refractivity contribution is -0.0894. The molecule has 8 rings (SSSR count). The minimum absolute atomic E-state index is 0.0302. The molecular formula is C40H52N4O2. The number of para-hydroxylation sites is 1. The largest absolute Gasteiger partial charge is 0.492 e. The Kier molecular flexibility index (Phi) is 8.11. The van der Waals surface area contributed by atoms with Gasteiger partial charge in [0.05, 0.1) is 35.0 Å². The Bertz CT molecular complexity index is 1690. The smallest absolute Gasteiger partial charge is 0.143 e. The third-order valence-electron chi connectivity index (χ3n) is 12.1. The lowest BCUT2D eigenvalue weighted by Gasteiger charge is -2.58. The molecule has 46 heavy (non-hydrogen) atoms. The Morgan fingerprint density at radius 2 is 1.76 bits per heavy atom. The summed E-state index contributed by atoms with van der Waals surface area (Å²) in [6, 6.07) is 9.14. The summed E-state index contributed by atoms with van der Waals surface area (Å²) in [5.41, 5.74) is 3.75. The Morgan fingerprint density at radius 3 is 2.63 bits per heavy atom. The molecule has 6 heterocycles. The van der Waals surface area contributed by atoms with E-state index < -0.39 is 5.60 Å². The number of aromatic nitrogens is 2. The van der Waals surface area contributed by atoms with Gasteiger partial charge in [0.2, 0.25) is 0 Å². The van der Waals surface area contributed by atoms with Crippen LogP contribution in [0.3, 0.4) is 0 Å². The number of hydrogen-bond acceptors (Lipinski definition) is 5. The predicted molar refractivity (Wildman–Crippen MR) is 188 cm³/mol. The van der Waals surface area contributed by atoms with Gasteiger partial charge in [-0.25, -0.2) is 0 Å². The van der Waals surface area contributed by atoms with E-state index in [4.69, 9.17) is 9.72 Å². The van der Waals surface area contributed by atoms with Crippen molar-refractivity contribution in [3.05, 3.63) is 66.5 Å². The van der Waals surface area contributed by atoms with Crippen LogP contribution < -0.4 is 4.74 Å². The van der Waals surface area contributed by atoms with E-state index in [-0.39, 0.29) is 11.5 Å². The third-order valence-corrected chi connectivity index (χ3v) is 12.1. The SMILES string of the molecule is CCOc1cccc2c3ccnc(C4=C[C@@]5(O)CC/C=C/CCCCN6CCC4[C@]4(C[C@@H]7/C=C\CCCCN7[C@H]45)C6)c3n(CC)c12. The van der Waals surface area contributed by atoms with Gasteiger partial charge in [0, 0.05) is 41.5 Å². The van der Waals surface area contributed by atoms with Crippen LogP contribution in [0.25, 0.3) is 27.4 Å². The number of nitrogens with zero attached hydrogens (tertiary/aromatic N) is 4. The summed E-state index contributed by atoms with van der Waals surface area (Å²) in [5, 5.41) is 15.7. The average Bonchev–Trinajstić information content (AvgIpc) is 3.54. The number of benzene rings is 1. The van der Waals surface area contributed by atoms with E-state index >= 15 is 0 Å². The fourth-order valence-electron chi connectivity index (χ4n) is 10.5. The highest BCUT2D eigenvalue weighted by Gasteiger charge is 2.65. The highest BCUT2D eigenvalue weighted by Crippen LogP contribution is 2.62. The van der Waals surface area contributed by atoms with E-state index in [0.29, 0.717) is 18.6 Å². The van der Waals surface area contributed by atoms with Crippen LogP contribution in [0.1, 0.15) is 83.7 Å². The quantitative estimate of drug-likeness (QED) is 0.303. The molecule has 3 aromatic rings. The Labute approximate surface area is 274 Å². The zero-order valence-corrected chi connectivity index (χ0v) is 28.0. The molecule has 1 N–H and O–H groups in total. The summed E-state index contributed by atoms with van der Waals surface area (Å²) in [6.07, 6.45) is 25.1. The van der Waals surface area contributed by atoms with Crippen molar-refractivity contribution in [2.45, 2.75) is 102 Å². The number of piperidine rings is 1. The number of aliphatic hydroxyl groups is 1. The van der Waals surface area contributed by atoms with Gasteiger partial charge in [0.15, 0.2) is 0 Å². The first-order valence-electron chi connectivity index (χ1n) is 18.4. The standard InChI is InChI=1S/C40H52N4O2/c1-3-43-36-30(17-15-18-34(36)46-4-2)31-19-22-41-35(37(31)43)32-27-40(45)21-12-8-5-6-9-13-23-42-25-20-33(32)39(28-42)26-29-16-11-7-10-14-24-44(29)38(39)40/h5,8,11,15-19,22,27,29,33,38,45H,3-4,6-7,9-10,12-14,20-21,23-26,28H2,1-2H3/b8-5+,16-11-/t29-,33?,38+,39-,40-/m0/s1. The minimum Gasteiger partial charge on any atom is -0.492 e. The van der Waals surface area contributed by atoms with E-state index in [1.807, 2.05) is 6.20 Å². The van der Waals surface area contributed by atoms with Gasteiger partial charge in [-0.1, -0.05) is 36.4 Å². The molecule has 1 aromatic carbocycles. The number of hydrogen-bond donors (Lipinski definition) is 1. The molecule has 0 saturated carbocycles. The summed E-state index contributed by atoms with van der Waals surface area (Å²) in [4.78, 5) is 10.8. The number of aryl methyl sites for hydroxylation is 1. The molecule has 0 radical (unpaired) electrons. The molecular weight excluding hydrogens is 568 g/mol. The molecule has 4 aliphatic heterocycles. The molecule has 244 valence electrons. The predicted octanol–water partition coefficient (Wildman–Crippen LogP) is 7.75. The zero-order valence-electron chi connectivity index (χ0n) is 28.0. The van der Waals surface area contributed by atoms with Crippen molar-refractivity contribution in [3.63, 3.8) is 0 Å². The van der Waals surface area contributed by atoms with Crippen LogP contribution in [-0.4, -0.2) is 74.9 Å². The van der Waals surface area contributed by atoms with Crippen molar-refractivity contribution in [3.8, 4) is 5.75 Å². The summed E-state index contributed by atoms with van der Waals surface area (Å²) >= 11 is 0. The first-order chi connectivity index (χ1) is 22.6. The first-order valence-corrected chi connectivity index (χ1v) is 18.4. The van der Waals surface area contributed by atoms with Crippen molar-refractivity contribution in [1.82, 2.24) is 19.4 Å². The lowest BCUT2D eigenvalue weighted by Crippen LogP contribution is -2.65. The van der Waals surface area contributed by atoms with E-state index in [0.717, 1.165) is 81.8 Å². The third kappa shape index (κ3) is 4.81. The van der Waals surface area contributed by atoms with Gasteiger partial charge in [0.1, 0.15) is 5.75 Å². The lowest BCUT2D eigenvalue weighted by atomic mass is 9.54. The monoisotopic (exact) mass is 620 g/mol. The minimum atomic E-state index is -0.932. The Morgan fingerprint density at radius 1 is 0.935 bits per heavy atom. The molecule has 3 bridgehead atoms. The molecule has 6 heteroatoms. The normalized spacial score (nSPS) is 34.8. The molecule has 6 atom stereocenters. The van der Waals surface area contributed by atoms with Crippen LogP contribution in [0, 0.1) is 11.3 Å². The van der Waals surface area contributed by atoms with Gasteiger partial charge < -0.3 is 19.3 Å². The van der Waals surface area contributed by atoms with Crippen LogP contribution >= 0.6 is 0 Å². The molecule has 2 saturated heterocycles.